The predicted molar refractivity (Wildman–Crippen MR) is 278 cm³/mol. The van der Waals surface area contributed by atoms with E-state index < -0.39 is 0 Å². The fourth-order valence-corrected chi connectivity index (χ4v) is 10.4. The maximum Gasteiger partial charge on any atom is 0.252 e. The first kappa shape index (κ1) is 40.0. The molecule has 2 aromatic heterocycles. The first-order valence-electron chi connectivity index (χ1n) is 23.2. The van der Waals surface area contributed by atoms with Crippen molar-refractivity contribution in [3.05, 3.63) is 199 Å². The number of hydrogen-bond donors (Lipinski definition) is 0. The van der Waals surface area contributed by atoms with E-state index in [1.165, 1.54) is 55.6 Å². The van der Waals surface area contributed by atoms with Crippen molar-refractivity contribution in [1.82, 2.24) is 0 Å². The second-order valence-corrected chi connectivity index (χ2v) is 20.3. The van der Waals surface area contributed by atoms with E-state index >= 15 is 0 Å². The number of nitrogens with zero attached hydrogens (tertiary/aromatic N) is 2. The average Bonchev–Trinajstić information content (AvgIpc) is 3.96. The summed E-state index contributed by atoms with van der Waals surface area (Å²) in [7, 11) is 0. The Morgan fingerprint density at radius 3 is 1.55 bits per heavy atom. The van der Waals surface area contributed by atoms with Crippen molar-refractivity contribution in [1.29, 1.82) is 0 Å². The molecule has 0 saturated carbocycles. The zero-order chi connectivity index (χ0) is 45.1. The van der Waals surface area contributed by atoms with Gasteiger partial charge >= 0.3 is 0 Å². The molecule has 2 aliphatic rings. The van der Waals surface area contributed by atoms with Gasteiger partial charge in [-0.1, -0.05) is 145 Å². The number of furan rings is 2. The van der Waals surface area contributed by atoms with Gasteiger partial charge in [0.15, 0.2) is 0 Å². The minimum Gasteiger partial charge on any atom is -0.456 e. The van der Waals surface area contributed by atoms with Gasteiger partial charge in [0.1, 0.15) is 22.7 Å². The Labute approximate surface area is 387 Å². The Hall–Kier alpha value is -7.50. The minimum absolute atomic E-state index is 0.0255. The quantitative estimate of drug-likeness (QED) is 0.162. The molecule has 0 aliphatic carbocycles. The van der Waals surface area contributed by atoms with Crippen molar-refractivity contribution in [2.45, 2.75) is 59.3 Å². The summed E-state index contributed by atoms with van der Waals surface area (Å²) in [5.41, 5.74) is 20.6. The number of benzene rings is 8. The van der Waals surface area contributed by atoms with E-state index in [1.807, 2.05) is 24.3 Å². The molecule has 10 aromatic rings. The number of aryl methyl sites for hydroxylation is 1. The van der Waals surface area contributed by atoms with E-state index in [0.717, 1.165) is 67.3 Å². The molecule has 2 aliphatic heterocycles. The lowest BCUT2D eigenvalue weighted by Gasteiger charge is -2.45. The van der Waals surface area contributed by atoms with Crippen LogP contribution < -0.4 is 26.2 Å². The van der Waals surface area contributed by atoms with Crippen LogP contribution in [0, 0.1) is 6.92 Å². The molecule has 0 saturated heterocycles. The lowest BCUT2D eigenvalue weighted by Crippen LogP contribution is -2.61. The first-order chi connectivity index (χ1) is 31.9. The molecule has 4 heterocycles. The summed E-state index contributed by atoms with van der Waals surface area (Å²) in [6, 6.07) is 66.8. The molecule has 12 rings (SSSR count). The standard InChI is InChI=1S/C61H51BN2O2/c1-38-29-53-59-54(30-38)64(48-32-43(57-35-41-17-11-13-19-55(41)65-57)31-44(33-48)58-36-42-18-12-14-20-56(42)66-58)52-34-40(39-15-9-8-10-16-39)21-27-49(52)62(59)50-37-46(61(5,6)7)24-28-51(50)63(53)47-25-22-45(23-26-47)60(2,3)4/h8-37H,1-7H3. The van der Waals surface area contributed by atoms with Crippen LogP contribution in [0.2, 0.25) is 0 Å². The fourth-order valence-electron chi connectivity index (χ4n) is 10.4. The largest absolute Gasteiger partial charge is 0.456 e. The summed E-state index contributed by atoms with van der Waals surface area (Å²) in [5, 5.41) is 2.14. The fraction of sp³-hybridized carbons (Fsp3) is 0.148. The second-order valence-electron chi connectivity index (χ2n) is 20.3. The summed E-state index contributed by atoms with van der Waals surface area (Å²) < 4.78 is 13.3. The van der Waals surface area contributed by atoms with Gasteiger partial charge < -0.3 is 18.6 Å². The van der Waals surface area contributed by atoms with E-state index in [9.17, 15) is 0 Å². The van der Waals surface area contributed by atoms with Gasteiger partial charge in [0, 0.05) is 56.0 Å². The summed E-state index contributed by atoms with van der Waals surface area (Å²) in [5.74, 6) is 1.62. The highest BCUT2D eigenvalue weighted by Gasteiger charge is 2.44. The van der Waals surface area contributed by atoms with Crippen LogP contribution in [-0.4, -0.2) is 6.71 Å². The summed E-state index contributed by atoms with van der Waals surface area (Å²) in [4.78, 5) is 5.03. The molecule has 66 heavy (non-hydrogen) atoms. The molecular weight excluding hydrogens is 803 g/mol. The molecule has 0 N–H and O–H groups in total. The van der Waals surface area contributed by atoms with E-state index in [4.69, 9.17) is 8.83 Å². The van der Waals surface area contributed by atoms with Crippen molar-refractivity contribution in [3.63, 3.8) is 0 Å². The molecule has 0 unspecified atom stereocenters. The number of hydrogen-bond acceptors (Lipinski definition) is 4. The number of rotatable bonds is 5. The van der Waals surface area contributed by atoms with Gasteiger partial charge in [0.25, 0.3) is 6.71 Å². The first-order valence-corrected chi connectivity index (χ1v) is 23.2. The number of anilines is 6. The molecule has 0 spiro atoms. The van der Waals surface area contributed by atoms with Crippen LogP contribution in [0.25, 0.3) is 55.7 Å². The van der Waals surface area contributed by atoms with E-state index in [2.05, 4.69) is 216 Å². The Balaban J connectivity index is 1.16. The Kier molecular flexibility index (Phi) is 8.96. The van der Waals surface area contributed by atoms with Crippen molar-refractivity contribution in [2.24, 2.45) is 0 Å². The molecule has 8 aromatic carbocycles. The van der Waals surface area contributed by atoms with Gasteiger partial charge in [-0.2, -0.15) is 0 Å². The van der Waals surface area contributed by atoms with Crippen molar-refractivity contribution in [3.8, 4) is 33.8 Å². The van der Waals surface area contributed by atoms with Gasteiger partial charge in [0.2, 0.25) is 0 Å². The third kappa shape index (κ3) is 6.59. The molecule has 5 heteroatoms. The highest BCUT2D eigenvalue weighted by molar-refractivity contribution is 7.00. The van der Waals surface area contributed by atoms with Crippen molar-refractivity contribution >= 4 is 79.2 Å². The van der Waals surface area contributed by atoms with Gasteiger partial charge in [-0.05, 0) is 141 Å². The van der Waals surface area contributed by atoms with Crippen molar-refractivity contribution in [2.75, 3.05) is 9.80 Å². The number of fused-ring (bicyclic) bond motifs is 6. The molecule has 0 atom stereocenters. The van der Waals surface area contributed by atoms with Gasteiger partial charge in [0.05, 0.1) is 0 Å². The normalized spacial score (nSPS) is 13.3. The third-order valence-corrected chi connectivity index (χ3v) is 13.8. The molecule has 320 valence electrons. The maximum absolute atomic E-state index is 6.66. The van der Waals surface area contributed by atoms with Crippen LogP contribution in [0.15, 0.2) is 191 Å². The second kappa shape index (κ2) is 14.8. The lowest BCUT2D eigenvalue weighted by atomic mass is 9.33. The van der Waals surface area contributed by atoms with Gasteiger partial charge in [-0.3, -0.25) is 0 Å². The third-order valence-electron chi connectivity index (χ3n) is 13.8. The highest BCUT2D eigenvalue weighted by atomic mass is 16.3. The Morgan fingerprint density at radius 2 is 0.955 bits per heavy atom. The molecule has 0 amide bonds. The molecular formula is C61H51BN2O2. The van der Waals surface area contributed by atoms with Crippen LogP contribution in [0.3, 0.4) is 0 Å². The SMILES string of the molecule is Cc1cc2c3c(c1)N(c1cc(-c4cc5ccccc5o4)cc(-c4cc5ccccc5o4)c1)c1cc(-c4ccccc4)ccc1B3c1cc(C(C)(C)C)ccc1N2c1ccc(C(C)(C)C)cc1. The van der Waals surface area contributed by atoms with Crippen LogP contribution in [0.4, 0.5) is 34.1 Å². The van der Waals surface area contributed by atoms with Gasteiger partial charge in [-0.15, -0.1) is 0 Å². The Morgan fingerprint density at radius 1 is 0.394 bits per heavy atom. The average molecular weight is 855 g/mol. The maximum atomic E-state index is 6.66. The Bertz CT molecular complexity index is 3370. The zero-order valence-corrected chi connectivity index (χ0v) is 38.6. The topological polar surface area (TPSA) is 32.8 Å². The van der Waals surface area contributed by atoms with Crippen LogP contribution in [0.5, 0.6) is 0 Å². The molecule has 0 radical (unpaired) electrons. The van der Waals surface area contributed by atoms with E-state index in [-0.39, 0.29) is 17.5 Å². The summed E-state index contributed by atoms with van der Waals surface area (Å²) in [6.07, 6.45) is 0. The highest BCUT2D eigenvalue weighted by Crippen LogP contribution is 2.48. The molecule has 0 fully saturated rings. The monoisotopic (exact) mass is 854 g/mol. The summed E-state index contributed by atoms with van der Waals surface area (Å²) in [6.45, 7) is 16.0. The van der Waals surface area contributed by atoms with E-state index in [0.29, 0.717) is 0 Å². The summed E-state index contributed by atoms with van der Waals surface area (Å²) >= 11 is 0. The van der Waals surface area contributed by atoms with Crippen molar-refractivity contribution < 1.29 is 8.83 Å². The lowest BCUT2D eigenvalue weighted by molar-refractivity contribution is 0.590. The zero-order valence-electron chi connectivity index (χ0n) is 38.6. The number of para-hydroxylation sites is 2. The van der Waals surface area contributed by atoms with Crippen LogP contribution in [-0.2, 0) is 10.8 Å². The van der Waals surface area contributed by atoms with E-state index in [1.54, 1.807) is 0 Å². The smallest absolute Gasteiger partial charge is 0.252 e. The molecule has 0 bridgehead atoms. The molecule has 4 nitrogen and oxygen atoms in total. The predicted octanol–water partition coefficient (Wildman–Crippen LogP) is 15.2. The van der Waals surface area contributed by atoms with Crippen LogP contribution in [0.1, 0.15) is 58.2 Å². The van der Waals surface area contributed by atoms with Gasteiger partial charge in [-0.25, -0.2) is 0 Å². The van der Waals surface area contributed by atoms with Crippen LogP contribution >= 0.6 is 0 Å². The minimum atomic E-state index is -0.0462.